The van der Waals surface area contributed by atoms with E-state index in [1.54, 1.807) is 0 Å². The quantitative estimate of drug-likeness (QED) is 0.574. The maximum atomic E-state index is 5.30. The predicted molar refractivity (Wildman–Crippen MR) is 73.8 cm³/mol. The summed E-state index contributed by atoms with van der Waals surface area (Å²) in [6.45, 7) is 12.1. The van der Waals surface area contributed by atoms with Crippen LogP contribution in [0.25, 0.3) is 0 Å². The molecule has 0 heterocycles. The van der Waals surface area contributed by atoms with Gasteiger partial charge < -0.3 is 15.0 Å². The molecule has 0 aromatic rings. The summed E-state index contributed by atoms with van der Waals surface area (Å²) in [6, 6.07) is 0. The molecule has 0 bridgehead atoms. The second-order valence-corrected chi connectivity index (χ2v) is 5.59. The Morgan fingerprint density at radius 1 is 1.38 bits per heavy atom. The van der Waals surface area contributed by atoms with Crippen LogP contribution in [0.15, 0.2) is 0 Å². The molecule has 0 saturated heterocycles. The summed E-state index contributed by atoms with van der Waals surface area (Å²) in [5.41, 5.74) is 0.270. The Morgan fingerprint density at radius 3 is 2.50 bits per heavy atom. The third-order valence-electron chi connectivity index (χ3n) is 2.00. The molecular formula is C12H26N2OS. The van der Waals surface area contributed by atoms with Crippen LogP contribution in [0.4, 0.5) is 0 Å². The van der Waals surface area contributed by atoms with Gasteiger partial charge in [0.05, 0.1) is 0 Å². The maximum Gasteiger partial charge on any atom is 0.168 e. The summed E-state index contributed by atoms with van der Waals surface area (Å²) >= 11 is 5.30. The standard InChI is InChI=1S/C12H26N2OS/c1-6-15-9-7-8-13-11(16)14(5)10-12(2,3)4/h6-10H2,1-5H3,(H,13,16). The molecule has 0 saturated carbocycles. The van der Waals surface area contributed by atoms with Gasteiger partial charge in [0.1, 0.15) is 0 Å². The maximum absolute atomic E-state index is 5.30. The van der Waals surface area contributed by atoms with Gasteiger partial charge in [0.2, 0.25) is 0 Å². The van der Waals surface area contributed by atoms with Crippen LogP contribution in [0.3, 0.4) is 0 Å². The van der Waals surface area contributed by atoms with Crippen molar-refractivity contribution in [1.82, 2.24) is 10.2 Å². The van der Waals surface area contributed by atoms with Gasteiger partial charge in [-0.15, -0.1) is 0 Å². The highest BCUT2D eigenvalue weighted by molar-refractivity contribution is 7.80. The fourth-order valence-electron chi connectivity index (χ4n) is 1.43. The molecule has 0 radical (unpaired) electrons. The summed E-state index contributed by atoms with van der Waals surface area (Å²) in [6.07, 6.45) is 0.997. The average molecular weight is 246 g/mol. The number of hydrogen-bond donors (Lipinski definition) is 1. The zero-order valence-corrected chi connectivity index (χ0v) is 12.1. The normalized spacial score (nSPS) is 11.3. The van der Waals surface area contributed by atoms with Crippen LogP contribution in [0.1, 0.15) is 34.1 Å². The highest BCUT2D eigenvalue weighted by atomic mass is 32.1. The molecule has 0 unspecified atom stereocenters. The molecule has 0 rings (SSSR count). The highest BCUT2D eigenvalue weighted by Crippen LogP contribution is 2.13. The number of hydrogen-bond acceptors (Lipinski definition) is 2. The van der Waals surface area contributed by atoms with E-state index < -0.39 is 0 Å². The Hall–Kier alpha value is -0.350. The van der Waals surface area contributed by atoms with Gasteiger partial charge in [-0.3, -0.25) is 0 Å². The summed E-state index contributed by atoms with van der Waals surface area (Å²) < 4.78 is 5.26. The first-order valence-electron chi connectivity index (χ1n) is 5.93. The van der Waals surface area contributed by atoms with Gasteiger partial charge in [0.15, 0.2) is 5.11 Å². The Bertz CT molecular complexity index is 202. The molecule has 16 heavy (non-hydrogen) atoms. The minimum atomic E-state index is 0.270. The van der Waals surface area contributed by atoms with Gasteiger partial charge in [-0.25, -0.2) is 0 Å². The lowest BCUT2D eigenvalue weighted by atomic mass is 9.96. The van der Waals surface area contributed by atoms with Crippen molar-refractivity contribution in [3.05, 3.63) is 0 Å². The lowest BCUT2D eigenvalue weighted by Gasteiger charge is -2.28. The molecule has 0 aromatic heterocycles. The minimum absolute atomic E-state index is 0.270. The van der Waals surface area contributed by atoms with Crippen molar-refractivity contribution in [2.75, 3.05) is 33.4 Å². The zero-order chi connectivity index (χ0) is 12.6. The van der Waals surface area contributed by atoms with Crippen LogP contribution in [0, 0.1) is 5.41 Å². The monoisotopic (exact) mass is 246 g/mol. The Morgan fingerprint density at radius 2 is 2.00 bits per heavy atom. The average Bonchev–Trinajstić information content (AvgIpc) is 2.14. The molecule has 0 spiro atoms. The third-order valence-corrected chi connectivity index (χ3v) is 2.46. The number of nitrogens with one attached hydrogen (secondary N) is 1. The van der Waals surface area contributed by atoms with E-state index in [0.717, 1.165) is 37.8 Å². The lowest BCUT2D eigenvalue weighted by Crippen LogP contribution is -2.41. The van der Waals surface area contributed by atoms with Gasteiger partial charge in [0, 0.05) is 33.4 Å². The fraction of sp³-hybridized carbons (Fsp3) is 0.917. The summed E-state index contributed by atoms with van der Waals surface area (Å²) in [5.74, 6) is 0. The van der Waals surface area contributed by atoms with Crippen molar-refractivity contribution < 1.29 is 4.74 Å². The molecule has 0 fully saturated rings. The highest BCUT2D eigenvalue weighted by Gasteiger charge is 2.14. The van der Waals surface area contributed by atoms with Crippen LogP contribution in [0.5, 0.6) is 0 Å². The Kier molecular flexibility index (Phi) is 7.68. The van der Waals surface area contributed by atoms with Crippen molar-refractivity contribution >= 4 is 17.3 Å². The molecular weight excluding hydrogens is 220 g/mol. The topological polar surface area (TPSA) is 24.5 Å². The fourth-order valence-corrected chi connectivity index (χ4v) is 1.60. The number of nitrogens with zero attached hydrogens (tertiary/aromatic N) is 1. The van der Waals surface area contributed by atoms with E-state index in [1.165, 1.54) is 0 Å². The summed E-state index contributed by atoms with van der Waals surface area (Å²) in [7, 11) is 2.03. The van der Waals surface area contributed by atoms with Gasteiger partial charge in [0.25, 0.3) is 0 Å². The summed E-state index contributed by atoms with van der Waals surface area (Å²) in [5, 5.41) is 4.07. The molecule has 96 valence electrons. The first-order valence-corrected chi connectivity index (χ1v) is 6.34. The number of rotatable bonds is 6. The molecule has 0 aliphatic heterocycles. The molecule has 1 N–H and O–H groups in total. The Labute approximate surface area is 106 Å². The first kappa shape index (κ1) is 15.7. The SMILES string of the molecule is CCOCCCNC(=S)N(C)CC(C)(C)C. The van der Waals surface area contributed by atoms with Crippen LogP contribution < -0.4 is 5.32 Å². The van der Waals surface area contributed by atoms with Gasteiger partial charge in [-0.05, 0) is 31.0 Å². The van der Waals surface area contributed by atoms with Crippen molar-refractivity contribution in [3.8, 4) is 0 Å². The molecule has 4 heteroatoms. The second-order valence-electron chi connectivity index (χ2n) is 5.20. The van der Waals surface area contributed by atoms with Crippen LogP contribution in [0.2, 0.25) is 0 Å². The van der Waals surface area contributed by atoms with E-state index in [9.17, 15) is 0 Å². The molecule has 0 aliphatic rings. The van der Waals surface area contributed by atoms with Crippen molar-refractivity contribution in [1.29, 1.82) is 0 Å². The van der Waals surface area contributed by atoms with E-state index in [1.807, 2.05) is 14.0 Å². The van der Waals surface area contributed by atoms with Crippen molar-refractivity contribution in [2.45, 2.75) is 34.1 Å². The number of ether oxygens (including phenoxy) is 1. The molecule has 0 atom stereocenters. The second kappa shape index (κ2) is 7.85. The van der Waals surface area contributed by atoms with Crippen molar-refractivity contribution in [2.24, 2.45) is 5.41 Å². The molecule has 0 aliphatic carbocycles. The first-order chi connectivity index (χ1) is 7.37. The molecule has 0 amide bonds. The van der Waals surface area contributed by atoms with E-state index in [0.29, 0.717) is 0 Å². The van der Waals surface area contributed by atoms with Crippen LogP contribution in [-0.4, -0.2) is 43.4 Å². The van der Waals surface area contributed by atoms with Crippen molar-refractivity contribution in [3.63, 3.8) is 0 Å². The Balaban J connectivity index is 3.64. The molecule has 3 nitrogen and oxygen atoms in total. The van der Waals surface area contributed by atoms with E-state index in [-0.39, 0.29) is 5.41 Å². The third kappa shape index (κ3) is 8.92. The predicted octanol–water partition coefficient (Wildman–Crippen LogP) is 2.27. The minimum Gasteiger partial charge on any atom is -0.382 e. The van der Waals surface area contributed by atoms with E-state index in [4.69, 9.17) is 17.0 Å². The zero-order valence-electron chi connectivity index (χ0n) is 11.3. The smallest absolute Gasteiger partial charge is 0.168 e. The summed E-state index contributed by atoms with van der Waals surface area (Å²) in [4.78, 5) is 2.09. The number of thiocarbonyl (C=S) groups is 1. The largest absolute Gasteiger partial charge is 0.382 e. The van der Waals surface area contributed by atoms with Crippen LogP contribution >= 0.6 is 12.2 Å². The van der Waals surface area contributed by atoms with Gasteiger partial charge >= 0.3 is 0 Å². The van der Waals surface area contributed by atoms with Gasteiger partial charge in [-0.1, -0.05) is 20.8 Å². The van der Waals surface area contributed by atoms with Crippen LogP contribution in [-0.2, 0) is 4.74 Å². The van der Waals surface area contributed by atoms with Gasteiger partial charge in [-0.2, -0.15) is 0 Å². The van der Waals surface area contributed by atoms with E-state index >= 15 is 0 Å². The van der Waals surface area contributed by atoms with E-state index in [2.05, 4.69) is 31.0 Å². The lowest BCUT2D eigenvalue weighted by molar-refractivity contribution is 0.145. The molecule has 0 aromatic carbocycles.